The van der Waals surface area contributed by atoms with Gasteiger partial charge in [0, 0.05) is 25.6 Å². The molecule has 1 aliphatic carbocycles. The summed E-state index contributed by atoms with van der Waals surface area (Å²) in [4.78, 5) is 4.71. The molecule has 0 atom stereocenters. The fourth-order valence-corrected chi connectivity index (χ4v) is 2.61. The van der Waals surface area contributed by atoms with Crippen molar-refractivity contribution in [3.63, 3.8) is 0 Å². The van der Waals surface area contributed by atoms with Crippen LogP contribution in [0.4, 0.5) is 0 Å². The van der Waals surface area contributed by atoms with E-state index in [4.69, 9.17) is 9.41 Å². The topological polar surface area (TPSA) is 49.6 Å². The van der Waals surface area contributed by atoms with Crippen molar-refractivity contribution >= 4 is 5.96 Å². The number of nitrogens with one attached hydrogen (secondary N) is 2. The van der Waals surface area contributed by atoms with Gasteiger partial charge in [0.15, 0.2) is 5.96 Å². The van der Waals surface area contributed by atoms with Crippen LogP contribution in [0.5, 0.6) is 0 Å². The van der Waals surface area contributed by atoms with Gasteiger partial charge in [-0.15, -0.1) is 0 Å². The quantitative estimate of drug-likeness (QED) is 0.598. The van der Waals surface area contributed by atoms with Gasteiger partial charge in [0.05, 0.1) is 6.26 Å². The summed E-state index contributed by atoms with van der Waals surface area (Å²) in [5.41, 5.74) is 0. The van der Waals surface area contributed by atoms with Gasteiger partial charge in [0.1, 0.15) is 5.76 Å². The van der Waals surface area contributed by atoms with Crippen LogP contribution < -0.4 is 10.6 Å². The molecule has 1 aromatic heterocycles. The summed E-state index contributed by atoms with van der Waals surface area (Å²) in [5.74, 6) is 2.68. The van der Waals surface area contributed by atoms with Gasteiger partial charge in [0.2, 0.25) is 0 Å². The molecule has 1 heterocycles. The second kappa shape index (κ2) is 8.75. The molecule has 4 nitrogen and oxygen atoms in total. The summed E-state index contributed by atoms with van der Waals surface area (Å²) in [5, 5.41) is 7.02. The van der Waals surface area contributed by atoms with Crippen LogP contribution in [0, 0.1) is 5.92 Å². The third-order valence-corrected chi connectivity index (χ3v) is 3.92. The Bertz CT molecular complexity index is 406. The van der Waals surface area contributed by atoms with Crippen molar-refractivity contribution in [1.82, 2.24) is 10.6 Å². The molecule has 0 aromatic carbocycles. The summed E-state index contributed by atoms with van der Waals surface area (Å²) in [7, 11) is 0. The molecule has 118 valence electrons. The first-order valence-corrected chi connectivity index (χ1v) is 8.31. The normalized spacial score (nSPS) is 16.6. The molecule has 1 aromatic rings. The molecule has 1 saturated carbocycles. The van der Waals surface area contributed by atoms with E-state index in [1.165, 1.54) is 25.7 Å². The Morgan fingerprint density at radius 1 is 1.38 bits per heavy atom. The van der Waals surface area contributed by atoms with E-state index in [2.05, 4.69) is 24.5 Å². The van der Waals surface area contributed by atoms with E-state index in [-0.39, 0.29) is 0 Å². The number of nitrogens with zero attached hydrogens (tertiary/aromatic N) is 1. The van der Waals surface area contributed by atoms with Crippen LogP contribution >= 0.6 is 0 Å². The number of furan rings is 1. The predicted octanol–water partition coefficient (Wildman–Crippen LogP) is 3.35. The lowest BCUT2D eigenvalue weighted by atomic mass is 10.1. The number of guanidine groups is 1. The highest BCUT2D eigenvalue weighted by molar-refractivity contribution is 5.80. The SMILES string of the molecule is CC(C)CCN=C(NCCc1ccco1)NC1CCCC1. The fraction of sp³-hybridized carbons (Fsp3) is 0.706. The summed E-state index contributed by atoms with van der Waals surface area (Å²) in [6.07, 6.45) is 8.96. The van der Waals surface area contributed by atoms with E-state index in [9.17, 15) is 0 Å². The van der Waals surface area contributed by atoms with Crippen molar-refractivity contribution in [3.8, 4) is 0 Å². The Morgan fingerprint density at radius 2 is 2.19 bits per heavy atom. The van der Waals surface area contributed by atoms with Crippen LogP contribution in [0.25, 0.3) is 0 Å². The highest BCUT2D eigenvalue weighted by Crippen LogP contribution is 2.17. The molecule has 1 fully saturated rings. The van der Waals surface area contributed by atoms with Crippen LogP contribution in [0.1, 0.15) is 51.7 Å². The minimum Gasteiger partial charge on any atom is -0.469 e. The molecule has 0 aliphatic heterocycles. The molecule has 0 radical (unpaired) electrons. The predicted molar refractivity (Wildman–Crippen MR) is 87.6 cm³/mol. The minimum absolute atomic E-state index is 0.596. The first-order valence-electron chi connectivity index (χ1n) is 8.31. The first kappa shape index (κ1) is 15.9. The monoisotopic (exact) mass is 291 g/mol. The van der Waals surface area contributed by atoms with Gasteiger partial charge in [-0.2, -0.15) is 0 Å². The Balaban J connectivity index is 1.78. The zero-order valence-corrected chi connectivity index (χ0v) is 13.4. The number of rotatable bonds is 7. The van der Waals surface area contributed by atoms with E-state index in [0.29, 0.717) is 12.0 Å². The smallest absolute Gasteiger partial charge is 0.191 e. The number of aliphatic imine (C=N–C) groups is 1. The van der Waals surface area contributed by atoms with Crippen LogP contribution in [0.15, 0.2) is 27.8 Å². The molecule has 21 heavy (non-hydrogen) atoms. The molecule has 0 spiro atoms. The van der Waals surface area contributed by atoms with E-state index >= 15 is 0 Å². The van der Waals surface area contributed by atoms with Gasteiger partial charge < -0.3 is 15.1 Å². The van der Waals surface area contributed by atoms with Crippen molar-refractivity contribution in [2.75, 3.05) is 13.1 Å². The first-order chi connectivity index (χ1) is 10.2. The number of hydrogen-bond donors (Lipinski definition) is 2. The Morgan fingerprint density at radius 3 is 2.86 bits per heavy atom. The Labute approximate surface area is 128 Å². The van der Waals surface area contributed by atoms with Gasteiger partial charge in [0.25, 0.3) is 0 Å². The highest BCUT2D eigenvalue weighted by atomic mass is 16.3. The average molecular weight is 291 g/mol. The van der Waals surface area contributed by atoms with Gasteiger partial charge in [-0.05, 0) is 37.3 Å². The van der Waals surface area contributed by atoms with Crippen molar-refractivity contribution in [1.29, 1.82) is 0 Å². The molecule has 0 unspecified atom stereocenters. The largest absolute Gasteiger partial charge is 0.469 e. The minimum atomic E-state index is 0.596. The Kier molecular flexibility index (Phi) is 6.64. The molecule has 0 bridgehead atoms. The molecular formula is C17H29N3O. The summed E-state index contributed by atoms with van der Waals surface area (Å²) >= 11 is 0. The second-order valence-electron chi connectivity index (χ2n) is 6.29. The molecule has 4 heteroatoms. The lowest BCUT2D eigenvalue weighted by Gasteiger charge is -2.17. The third-order valence-electron chi connectivity index (χ3n) is 3.92. The Hall–Kier alpha value is -1.45. The maximum Gasteiger partial charge on any atom is 0.191 e. The second-order valence-corrected chi connectivity index (χ2v) is 6.29. The van der Waals surface area contributed by atoms with E-state index in [1.807, 2.05) is 12.1 Å². The third kappa shape index (κ3) is 6.23. The zero-order chi connectivity index (χ0) is 14.9. The summed E-state index contributed by atoms with van der Waals surface area (Å²) in [6, 6.07) is 4.55. The maximum atomic E-state index is 5.36. The highest BCUT2D eigenvalue weighted by Gasteiger charge is 2.15. The standard InChI is InChI=1S/C17H29N3O/c1-14(2)9-11-18-17(20-15-6-3-4-7-15)19-12-10-16-8-5-13-21-16/h5,8,13-15H,3-4,6-7,9-12H2,1-2H3,(H2,18,19,20). The molecular weight excluding hydrogens is 262 g/mol. The lowest BCUT2D eigenvalue weighted by Crippen LogP contribution is -2.43. The van der Waals surface area contributed by atoms with E-state index in [0.717, 1.165) is 37.7 Å². The van der Waals surface area contributed by atoms with Gasteiger partial charge in [-0.25, -0.2) is 0 Å². The van der Waals surface area contributed by atoms with Crippen molar-refractivity contribution in [2.45, 2.75) is 58.4 Å². The van der Waals surface area contributed by atoms with Crippen molar-refractivity contribution in [2.24, 2.45) is 10.9 Å². The lowest BCUT2D eigenvalue weighted by molar-refractivity contribution is 0.505. The number of hydrogen-bond acceptors (Lipinski definition) is 2. The fourth-order valence-electron chi connectivity index (χ4n) is 2.61. The van der Waals surface area contributed by atoms with Gasteiger partial charge >= 0.3 is 0 Å². The van der Waals surface area contributed by atoms with E-state index < -0.39 is 0 Å². The van der Waals surface area contributed by atoms with Gasteiger partial charge in [-0.3, -0.25) is 4.99 Å². The van der Waals surface area contributed by atoms with E-state index in [1.54, 1.807) is 6.26 Å². The molecule has 2 rings (SSSR count). The van der Waals surface area contributed by atoms with Crippen LogP contribution in [-0.2, 0) is 6.42 Å². The summed E-state index contributed by atoms with van der Waals surface area (Å²) < 4.78 is 5.36. The van der Waals surface area contributed by atoms with Crippen LogP contribution in [0.3, 0.4) is 0 Å². The van der Waals surface area contributed by atoms with Crippen molar-refractivity contribution in [3.05, 3.63) is 24.2 Å². The summed E-state index contributed by atoms with van der Waals surface area (Å²) in [6.45, 7) is 6.22. The maximum absolute atomic E-state index is 5.36. The zero-order valence-electron chi connectivity index (χ0n) is 13.4. The molecule has 2 N–H and O–H groups in total. The molecule has 1 aliphatic rings. The molecule has 0 amide bonds. The van der Waals surface area contributed by atoms with Crippen LogP contribution in [-0.4, -0.2) is 25.1 Å². The van der Waals surface area contributed by atoms with Crippen molar-refractivity contribution < 1.29 is 4.42 Å². The molecule has 0 saturated heterocycles. The van der Waals surface area contributed by atoms with Crippen LogP contribution in [0.2, 0.25) is 0 Å². The average Bonchev–Trinajstić information content (AvgIpc) is 3.11. The van der Waals surface area contributed by atoms with Gasteiger partial charge in [-0.1, -0.05) is 26.7 Å².